The van der Waals surface area contributed by atoms with Crippen LogP contribution in [0.1, 0.15) is 32.4 Å². The predicted molar refractivity (Wildman–Crippen MR) is 89.0 cm³/mol. The van der Waals surface area contributed by atoms with Gasteiger partial charge in [-0.2, -0.15) is 0 Å². The van der Waals surface area contributed by atoms with E-state index in [9.17, 15) is 9.59 Å². The fraction of sp³-hybridized carbons (Fsp3) is 0.529. The highest BCUT2D eigenvalue weighted by atomic mass is 16.7. The first-order valence-corrected chi connectivity index (χ1v) is 8.14. The minimum Gasteiger partial charge on any atom is -0.454 e. The molecule has 132 valence electrons. The van der Waals surface area contributed by atoms with E-state index in [1.165, 1.54) is 0 Å². The zero-order chi connectivity index (χ0) is 17.7. The van der Waals surface area contributed by atoms with Crippen molar-refractivity contribution in [2.45, 2.75) is 32.9 Å². The van der Waals surface area contributed by atoms with E-state index in [1.54, 1.807) is 0 Å². The number of hydrogen-bond acceptors (Lipinski definition) is 4. The van der Waals surface area contributed by atoms with E-state index >= 15 is 0 Å². The molecule has 3 N–H and O–H groups in total. The first-order valence-electron chi connectivity index (χ1n) is 8.14. The fourth-order valence-corrected chi connectivity index (χ4v) is 2.54. The zero-order valence-electron chi connectivity index (χ0n) is 14.6. The third-order valence-electron chi connectivity index (χ3n) is 3.65. The molecule has 1 heterocycles. The van der Waals surface area contributed by atoms with Gasteiger partial charge in [-0.25, -0.2) is 0 Å². The molecular weight excluding hydrogens is 310 g/mol. The third-order valence-corrected chi connectivity index (χ3v) is 3.65. The molecule has 2 amide bonds. The second kappa shape index (κ2) is 8.01. The summed E-state index contributed by atoms with van der Waals surface area (Å²) in [4.78, 5) is 24.7. The second-order valence-corrected chi connectivity index (χ2v) is 6.43. The van der Waals surface area contributed by atoms with Crippen molar-refractivity contribution in [3.63, 3.8) is 0 Å². The minimum absolute atomic E-state index is 0.0564. The highest BCUT2D eigenvalue weighted by Gasteiger charge is 2.19. The maximum Gasteiger partial charge on any atom is 0.275 e. The summed E-state index contributed by atoms with van der Waals surface area (Å²) < 4.78 is 10.6. The third kappa shape index (κ3) is 5.13. The van der Waals surface area contributed by atoms with Gasteiger partial charge in [0, 0.05) is 6.04 Å². The topological polar surface area (TPSA) is 81.1 Å². The normalized spacial score (nSPS) is 15.0. The average molecular weight is 336 g/mol. The quantitative estimate of drug-likeness (QED) is 0.635. The van der Waals surface area contributed by atoms with Crippen molar-refractivity contribution in [1.29, 1.82) is 0 Å². The molecule has 1 unspecified atom stereocenters. The summed E-state index contributed by atoms with van der Waals surface area (Å²) in [6.45, 7) is 6.47. The van der Waals surface area contributed by atoms with Crippen molar-refractivity contribution in [3.8, 4) is 11.5 Å². The Labute approximate surface area is 142 Å². The van der Waals surface area contributed by atoms with Gasteiger partial charge in [0.15, 0.2) is 24.6 Å². The average Bonchev–Trinajstić information content (AvgIpc) is 2.92. The van der Waals surface area contributed by atoms with Crippen molar-refractivity contribution in [1.82, 2.24) is 10.6 Å². The largest absolute Gasteiger partial charge is 0.454 e. The minimum atomic E-state index is -0.149. The molecule has 24 heavy (non-hydrogen) atoms. The van der Waals surface area contributed by atoms with Crippen LogP contribution in [0.15, 0.2) is 18.2 Å². The molecule has 7 nitrogen and oxygen atoms in total. The summed E-state index contributed by atoms with van der Waals surface area (Å²) in [5.74, 6) is 1.26. The maximum atomic E-state index is 12.2. The second-order valence-electron chi connectivity index (χ2n) is 6.43. The standard InChI is InChI=1S/C17H25N3O4/c1-11(2)18-16(21)8-20(4)9-17(22)19-12(3)13-5-6-14-15(7-13)24-10-23-14/h5-7,11-12H,8-10H2,1-4H3,(H,18,21)(H,19,22)/p+1/t12-/m1/s1. The molecule has 1 aliphatic rings. The Morgan fingerprint density at radius 3 is 2.38 bits per heavy atom. The molecule has 0 spiro atoms. The Morgan fingerprint density at radius 2 is 1.71 bits per heavy atom. The van der Waals surface area contributed by atoms with Crippen LogP contribution >= 0.6 is 0 Å². The number of nitrogens with one attached hydrogen (secondary N) is 3. The van der Waals surface area contributed by atoms with Crippen molar-refractivity contribution < 1.29 is 24.0 Å². The van der Waals surface area contributed by atoms with Crippen LogP contribution in [0.3, 0.4) is 0 Å². The van der Waals surface area contributed by atoms with E-state index in [2.05, 4.69) is 10.6 Å². The number of ether oxygens (including phenoxy) is 2. The van der Waals surface area contributed by atoms with Crippen LogP contribution in [0, 0.1) is 0 Å². The summed E-state index contributed by atoms with van der Waals surface area (Å²) in [7, 11) is 1.82. The Morgan fingerprint density at radius 1 is 1.08 bits per heavy atom. The van der Waals surface area contributed by atoms with Gasteiger partial charge in [0.1, 0.15) is 0 Å². The summed E-state index contributed by atoms with van der Waals surface area (Å²) in [5, 5.41) is 5.76. The molecule has 1 aliphatic heterocycles. The van der Waals surface area contributed by atoms with Gasteiger partial charge in [0.05, 0.1) is 13.1 Å². The van der Waals surface area contributed by atoms with Crippen LogP contribution in [-0.2, 0) is 9.59 Å². The first kappa shape index (κ1) is 18.1. The maximum absolute atomic E-state index is 12.2. The van der Waals surface area contributed by atoms with Crippen LogP contribution in [0.25, 0.3) is 0 Å². The van der Waals surface area contributed by atoms with Crippen molar-refractivity contribution in [3.05, 3.63) is 23.8 Å². The number of rotatable bonds is 7. The lowest BCUT2D eigenvalue weighted by molar-refractivity contribution is -0.862. The number of benzene rings is 1. The lowest BCUT2D eigenvalue weighted by atomic mass is 10.1. The number of amides is 2. The number of carbonyl (C=O) groups excluding carboxylic acids is 2. The van der Waals surface area contributed by atoms with Crippen LogP contribution < -0.4 is 25.0 Å². The molecule has 0 radical (unpaired) electrons. The number of carbonyl (C=O) groups is 2. The van der Waals surface area contributed by atoms with Gasteiger partial charge in [-0.3, -0.25) is 9.59 Å². The van der Waals surface area contributed by atoms with Gasteiger partial charge >= 0.3 is 0 Å². The highest BCUT2D eigenvalue weighted by Crippen LogP contribution is 2.34. The summed E-state index contributed by atoms with van der Waals surface area (Å²) in [6.07, 6.45) is 0. The van der Waals surface area contributed by atoms with Gasteiger partial charge in [0.2, 0.25) is 6.79 Å². The molecule has 0 bridgehead atoms. The molecule has 1 aromatic carbocycles. The molecule has 0 aliphatic carbocycles. The molecular formula is C17H26N3O4+. The smallest absolute Gasteiger partial charge is 0.275 e. The van der Waals surface area contributed by atoms with Gasteiger partial charge in [-0.05, 0) is 38.5 Å². The Bertz CT molecular complexity index is 603. The van der Waals surface area contributed by atoms with E-state index in [1.807, 2.05) is 46.0 Å². The molecule has 7 heteroatoms. The summed E-state index contributed by atoms with van der Waals surface area (Å²) >= 11 is 0. The molecule has 0 fully saturated rings. The Hall–Kier alpha value is -2.28. The van der Waals surface area contributed by atoms with Gasteiger partial charge in [-0.1, -0.05) is 6.07 Å². The molecule has 2 atom stereocenters. The highest BCUT2D eigenvalue weighted by molar-refractivity contribution is 5.79. The predicted octanol–water partition coefficient (Wildman–Crippen LogP) is -0.368. The Kier molecular flexibility index (Phi) is 6.03. The van der Waals surface area contributed by atoms with Crippen LogP contribution in [0.2, 0.25) is 0 Å². The van der Waals surface area contributed by atoms with Crippen LogP contribution in [0.4, 0.5) is 0 Å². The van der Waals surface area contributed by atoms with Crippen molar-refractivity contribution in [2.75, 3.05) is 26.9 Å². The van der Waals surface area contributed by atoms with Gasteiger partial charge < -0.3 is 25.0 Å². The van der Waals surface area contributed by atoms with E-state index in [-0.39, 0.29) is 43.8 Å². The van der Waals surface area contributed by atoms with E-state index < -0.39 is 0 Å². The SMILES string of the molecule is CC(C)NC(=O)C[NH+](C)CC(=O)N[C@H](C)c1ccc2c(c1)OCO2. The van der Waals surface area contributed by atoms with Crippen molar-refractivity contribution in [2.24, 2.45) is 0 Å². The van der Waals surface area contributed by atoms with Gasteiger partial charge in [0.25, 0.3) is 11.8 Å². The van der Waals surface area contributed by atoms with E-state index in [0.717, 1.165) is 16.2 Å². The number of hydrogen-bond donors (Lipinski definition) is 3. The van der Waals surface area contributed by atoms with Crippen LogP contribution in [0.5, 0.6) is 11.5 Å². The van der Waals surface area contributed by atoms with E-state index in [0.29, 0.717) is 5.75 Å². The molecule has 0 saturated carbocycles. The number of likely N-dealkylation sites (N-methyl/N-ethyl adjacent to an activating group) is 1. The molecule has 2 rings (SSSR count). The van der Waals surface area contributed by atoms with E-state index in [4.69, 9.17) is 9.47 Å². The summed E-state index contributed by atoms with van der Waals surface area (Å²) in [5.41, 5.74) is 0.947. The Balaban J connectivity index is 1.82. The zero-order valence-corrected chi connectivity index (χ0v) is 14.6. The lowest BCUT2D eigenvalue weighted by Crippen LogP contribution is -3.11. The van der Waals surface area contributed by atoms with Gasteiger partial charge in [-0.15, -0.1) is 0 Å². The fourth-order valence-electron chi connectivity index (χ4n) is 2.54. The first-order chi connectivity index (χ1) is 11.3. The molecule has 0 aromatic heterocycles. The lowest BCUT2D eigenvalue weighted by Gasteiger charge is -2.18. The molecule has 1 aromatic rings. The number of quaternary nitrogens is 1. The van der Waals surface area contributed by atoms with Crippen LogP contribution in [-0.4, -0.2) is 44.8 Å². The van der Waals surface area contributed by atoms with Crippen molar-refractivity contribution >= 4 is 11.8 Å². The molecule has 0 saturated heterocycles. The summed E-state index contributed by atoms with van der Waals surface area (Å²) in [6, 6.07) is 5.58. The monoisotopic (exact) mass is 336 g/mol. The number of fused-ring (bicyclic) bond motifs is 1.